The second-order valence-corrected chi connectivity index (χ2v) is 6.62. The summed E-state index contributed by atoms with van der Waals surface area (Å²) in [7, 11) is 0. The monoisotopic (exact) mass is 329 g/mol. The lowest BCUT2D eigenvalue weighted by Crippen LogP contribution is -2.32. The molecule has 0 saturated carbocycles. The first-order valence-corrected chi connectivity index (χ1v) is 8.50. The zero-order valence-corrected chi connectivity index (χ0v) is 14.7. The highest BCUT2D eigenvalue weighted by molar-refractivity contribution is 6.30. The van der Waals surface area contributed by atoms with E-state index in [1.165, 1.54) is 5.56 Å². The molecule has 0 aromatic heterocycles. The van der Waals surface area contributed by atoms with Crippen molar-refractivity contribution in [2.24, 2.45) is 5.92 Å². The van der Waals surface area contributed by atoms with Gasteiger partial charge in [-0.1, -0.05) is 68.8 Å². The first-order valence-electron chi connectivity index (χ1n) is 8.12. The minimum Gasteiger partial charge on any atom is -0.349 e. The van der Waals surface area contributed by atoms with Crippen LogP contribution in [0.2, 0.25) is 5.02 Å². The molecule has 1 atom stereocenters. The normalized spacial score (nSPS) is 12.2. The highest BCUT2D eigenvalue weighted by Gasteiger charge is 2.18. The number of carbonyl (C=O) groups is 1. The van der Waals surface area contributed by atoms with Gasteiger partial charge in [-0.15, -0.1) is 0 Å². The molecule has 2 nitrogen and oxygen atoms in total. The molecular formula is C20H24ClNO. The van der Waals surface area contributed by atoms with Crippen LogP contribution in [0.3, 0.4) is 0 Å². The van der Waals surface area contributed by atoms with Crippen molar-refractivity contribution in [3.8, 4) is 0 Å². The Bertz CT molecular complexity index is 632. The standard InChI is InChI=1S/C20H24ClNO/c1-4-15-5-9-17(10-6-15)20(14(2)3)22-19(23)13-16-7-11-18(21)12-8-16/h5-12,14,20H,4,13H2,1-3H3,(H,22,23). The summed E-state index contributed by atoms with van der Waals surface area (Å²) in [5.41, 5.74) is 3.43. The number of hydrogen-bond donors (Lipinski definition) is 1. The Morgan fingerprint density at radius 1 is 1.00 bits per heavy atom. The van der Waals surface area contributed by atoms with E-state index in [0.717, 1.165) is 17.5 Å². The molecule has 0 aliphatic heterocycles. The predicted molar refractivity (Wildman–Crippen MR) is 96.7 cm³/mol. The molecule has 0 aliphatic rings. The Hall–Kier alpha value is -1.80. The lowest BCUT2D eigenvalue weighted by Gasteiger charge is -2.23. The summed E-state index contributed by atoms with van der Waals surface area (Å²) in [4.78, 5) is 12.4. The van der Waals surface area contributed by atoms with Crippen LogP contribution in [0.4, 0.5) is 0 Å². The summed E-state index contributed by atoms with van der Waals surface area (Å²) in [6, 6.07) is 15.9. The predicted octanol–water partition coefficient (Wildman–Crippen LogP) is 4.96. The highest BCUT2D eigenvalue weighted by Crippen LogP contribution is 2.22. The van der Waals surface area contributed by atoms with Gasteiger partial charge in [0.15, 0.2) is 0 Å². The van der Waals surface area contributed by atoms with Crippen LogP contribution in [-0.4, -0.2) is 5.91 Å². The average molecular weight is 330 g/mol. The number of nitrogens with one attached hydrogen (secondary N) is 1. The van der Waals surface area contributed by atoms with Gasteiger partial charge in [0.2, 0.25) is 5.91 Å². The fourth-order valence-corrected chi connectivity index (χ4v) is 2.73. The SMILES string of the molecule is CCc1ccc(C(NC(=O)Cc2ccc(Cl)cc2)C(C)C)cc1. The maximum Gasteiger partial charge on any atom is 0.224 e. The van der Waals surface area contributed by atoms with E-state index in [2.05, 4.69) is 50.4 Å². The van der Waals surface area contributed by atoms with Gasteiger partial charge in [-0.3, -0.25) is 4.79 Å². The zero-order chi connectivity index (χ0) is 16.8. The van der Waals surface area contributed by atoms with Gasteiger partial charge in [0.25, 0.3) is 0 Å². The fourth-order valence-electron chi connectivity index (χ4n) is 2.61. The number of carbonyl (C=O) groups excluding carboxylic acids is 1. The molecular weight excluding hydrogens is 306 g/mol. The molecule has 2 rings (SSSR count). The Balaban J connectivity index is 2.06. The van der Waals surface area contributed by atoms with Gasteiger partial charge in [-0.05, 0) is 41.2 Å². The van der Waals surface area contributed by atoms with Crippen molar-refractivity contribution in [2.75, 3.05) is 0 Å². The maximum atomic E-state index is 12.4. The van der Waals surface area contributed by atoms with Gasteiger partial charge in [0, 0.05) is 5.02 Å². The molecule has 0 bridgehead atoms. The zero-order valence-electron chi connectivity index (χ0n) is 14.0. The number of benzene rings is 2. The van der Waals surface area contributed by atoms with Crippen LogP contribution in [0.1, 0.15) is 43.5 Å². The van der Waals surface area contributed by atoms with E-state index >= 15 is 0 Å². The van der Waals surface area contributed by atoms with E-state index < -0.39 is 0 Å². The van der Waals surface area contributed by atoms with Gasteiger partial charge < -0.3 is 5.32 Å². The smallest absolute Gasteiger partial charge is 0.224 e. The maximum absolute atomic E-state index is 12.4. The summed E-state index contributed by atoms with van der Waals surface area (Å²) in [5, 5.41) is 3.85. The summed E-state index contributed by atoms with van der Waals surface area (Å²) in [6.45, 7) is 6.39. The molecule has 2 aromatic carbocycles. The van der Waals surface area contributed by atoms with Gasteiger partial charge in [0.1, 0.15) is 0 Å². The molecule has 0 fully saturated rings. The van der Waals surface area contributed by atoms with E-state index in [0.29, 0.717) is 17.4 Å². The Labute approximate surface area is 143 Å². The largest absolute Gasteiger partial charge is 0.349 e. The van der Waals surface area contributed by atoms with Crippen LogP contribution in [-0.2, 0) is 17.6 Å². The van der Waals surface area contributed by atoms with Crippen LogP contribution in [0.25, 0.3) is 0 Å². The summed E-state index contributed by atoms with van der Waals surface area (Å²) >= 11 is 5.88. The van der Waals surface area contributed by atoms with Crippen LogP contribution < -0.4 is 5.32 Å². The lowest BCUT2D eigenvalue weighted by molar-refractivity contribution is -0.121. The Kier molecular flexibility index (Phi) is 6.23. The van der Waals surface area contributed by atoms with Crippen molar-refractivity contribution in [1.82, 2.24) is 5.32 Å². The summed E-state index contributed by atoms with van der Waals surface area (Å²) in [5.74, 6) is 0.363. The molecule has 0 spiro atoms. The molecule has 1 unspecified atom stereocenters. The number of aryl methyl sites for hydroxylation is 1. The number of rotatable bonds is 6. The molecule has 0 aliphatic carbocycles. The summed E-state index contributed by atoms with van der Waals surface area (Å²) < 4.78 is 0. The third-order valence-electron chi connectivity index (χ3n) is 4.01. The lowest BCUT2D eigenvalue weighted by atomic mass is 9.94. The third-order valence-corrected chi connectivity index (χ3v) is 4.26. The van der Waals surface area contributed by atoms with Crippen molar-refractivity contribution in [3.63, 3.8) is 0 Å². The molecule has 0 radical (unpaired) electrons. The van der Waals surface area contributed by atoms with Crippen molar-refractivity contribution >= 4 is 17.5 Å². The second kappa shape index (κ2) is 8.16. The van der Waals surface area contributed by atoms with Crippen molar-refractivity contribution in [1.29, 1.82) is 0 Å². The quantitative estimate of drug-likeness (QED) is 0.797. The van der Waals surface area contributed by atoms with Crippen molar-refractivity contribution in [2.45, 2.75) is 39.7 Å². The minimum absolute atomic E-state index is 0.0284. The van der Waals surface area contributed by atoms with Gasteiger partial charge in [-0.2, -0.15) is 0 Å². The van der Waals surface area contributed by atoms with Crippen LogP contribution in [0.15, 0.2) is 48.5 Å². The van der Waals surface area contributed by atoms with E-state index in [1.807, 2.05) is 24.3 Å². The molecule has 3 heteroatoms. The number of hydrogen-bond acceptors (Lipinski definition) is 1. The molecule has 0 saturated heterocycles. The fraction of sp³-hybridized carbons (Fsp3) is 0.350. The van der Waals surface area contributed by atoms with Gasteiger partial charge in [-0.25, -0.2) is 0 Å². The molecule has 1 amide bonds. The van der Waals surface area contributed by atoms with Crippen molar-refractivity contribution in [3.05, 3.63) is 70.2 Å². The van der Waals surface area contributed by atoms with E-state index in [1.54, 1.807) is 0 Å². The third kappa shape index (κ3) is 5.11. The number of halogens is 1. The van der Waals surface area contributed by atoms with E-state index in [4.69, 9.17) is 11.6 Å². The van der Waals surface area contributed by atoms with E-state index in [9.17, 15) is 4.79 Å². The molecule has 0 heterocycles. The van der Waals surface area contributed by atoms with Crippen LogP contribution in [0, 0.1) is 5.92 Å². The second-order valence-electron chi connectivity index (χ2n) is 6.19. The first kappa shape index (κ1) is 17.6. The molecule has 1 N–H and O–H groups in total. The van der Waals surface area contributed by atoms with Gasteiger partial charge >= 0.3 is 0 Å². The van der Waals surface area contributed by atoms with Crippen LogP contribution in [0.5, 0.6) is 0 Å². The topological polar surface area (TPSA) is 29.1 Å². The highest BCUT2D eigenvalue weighted by atomic mass is 35.5. The van der Waals surface area contributed by atoms with Gasteiger partial charge in [0.05, 0.1) is 12.5 Å². The van der Waals surface area contributed by atoms with Crippen LogP contribution >= 0.6 is 11.6 Å². The molecule has 122 valence electrons. The number of amides is 1. The average Bonchev–Trinajstić information content (AvgIpc) is 2.55. The minimum atomic E-state index is 0.0284. The molecule has 23 heavy (non-hydrogen) atoms. The first-order chi connectivity index (χ1) is 11.0. The summed E-state index contributed by atoms with van der Waals surface area (Å²) in [6.07, 6.45) is 1.39. The molecule has 2 aromatic rings. The van der Waals surface area contributed by atoms with E-state index in [-0.39, 0.29) is 11.9 Å². The Morgan fingerprint density at radius 2 is 1.57 bits per heavy atom. The van der Waals surface area contributed by atoms with Crippen molar-refractivity contribution < 1.29 is 4.79 Å². The Morgan fingerprint density at radius 3 is 2.09 bits per heavy atom.